The maximum absolute atomic E-state index is 10.7. The van der Waals surface area contributed by atoms with Gasteiger partial charge in [-0.1, -0.05) is 5.22 Å². The number of esters is 1. The molecule has 0 N–H and O–H groups in total. The largest absolute Gasteiger partial charge is 0.465 e. The van der Waals surface area contributed by atoms with Crippen LogP contribution in [-0.2, 0) is 14.3 Å². The highest BCUT2D eigenvalue weighted by molar-refractivity contribution is 5.72. The number of rotatable bonds is 4. The van der Waals surface area contributed by atoms with E-state index in [0.717, 1.165) is 5.01 Å². The number of hydrogen-bond donors (Lipinski definition) is 0. The van der Waals surface area contributed by atoms with Gasteiger partial charge in [-0.05, 0) is 6.92 Å². The number of carbonyl (C=O) groups is 2. The number of hydrogen-bond acceptors (Lipinski definition) is 5. The van der Waals surface area contributed by atoms with Crippen molar-refractivity contribution in [2.75, 3.05) is 20.2 Å². The van der Waals surface area contributed by atoms with Crippen LogP contribution in [0, 0.1) is 0 Å². The fourth-order valence-corrected chi connectivity index (χ4v) is 0.454. The summed E-state index contributed by atoms with van der Waals surface area (Å²) in [6.45, 7) is 3.21. The van der Waals surface area contributed by atoms with Crippen molar-refractivity contribution in [1.82, 2.24) is 5.01 Å². The summed E-state index contributed by atoms with van der Waals surface area (Å²) in [5.74, 6) is -0.698. The summed E-state index contributed by atoms with van der Waals surface area (Å²) < 4.78 is 4.59. The molecule has 0 bridgehead atoms. The first kappa shape index (κ1) is 11.5. The van der Waals surface area contributed by atoms with Gasteiger partial charge in [-0.3, -0.25) is 4.79 Å². The van der Waals surface area contributed by atoms with E-state index in [2.05, 4.69) is 15.1 Å². The average molecular weight is 187 g/mol. The van der Waals surface area contributed by atoms with Gasteiger partial charge in [0.05, 0.1) is 6.61 Å². The lowest BCUT2D eigenvalue weighted by Crippen LogP contribution is -2.17. The van der Waals surface area contributed by atoms with Crippen LogP contribution in [0.5, 0.6) is 0 Å². The maximum atomic E-state index is 10.7. The molecule has 0 unspecified atom stereocenters. The zero-order valence-corrected chi connectivity index (χ0v) is 7.98. The Balaban J connectivity index is 3.74. The van der Waals surface area contributed by atoms with E-state index in [9.17, 15) is 9.59 Å². The predicted molar refractivity (Wildman–Crippen MR) is 44.8 cm³/mol. The van der Waals surface area contributed by atoms with Crippen LogP contribution in [-0.4, -0.2) is 37.1 Å². The zero-order valence-electron chi connectivity index (χ0n) is 7.98. The van der Waals surface area contributed by atoms with Gasteiger partial charge in [0, 0.05) is 14.0 Å². The van der Waals surface area contributed by atoms with Crippen molar-refractivity contribution in [3.8, 4) is 0 Å². The van der Waals surface area contributed by atoms with Gasteiger partial charge in [-0.25, -0.2) is 9.80 Å². The highest BCUT2D eigenvalue weighted by Crippen LogP contribution is 1.87. The second-order valence-corrected chi connectivity index (χ2v) is 2.24. The van der Waals surface area contributed by atoms with Crippen molar-refractivity contribution < 1.29 is 14.3 Å². The minimum atomic E-state index is -0.455. The first-order chi connectivity index (χ1) is 6.07. The molecule has 0 atom stereocenters. The van der Waals surface area contributed by atoms with Gasteiger partial charge >= 0.3 is 5.97 Å². The van der Waals surface area contributed by atoms with E-state index in [4.69, 9.17) is 0 Å². The molecule has 6 nitrogen and oxygen atoms in total. The fourth-order valence-electron chi connectivity index (χ4n) is 0.454. The molecule has 0 rings (SSSR count). The molecular formula is C7H13N3O3. The van der Waals surface area contributed by atoms with Gasteiger partial charge in [-0.2, -0.15) is 5.11 Å². The van der Waals surface area contributed by atoms with Crippen LogP contribution in [0.4, 0.5) is 0 Å². The highest BCUT2D eigenvalue weighted by Gasteiger charge is 2.00. The molecule has 0 aromatic heterocycles. The average Bonchev–Trinajstić information content (AvgIpc) is 2.04. The van der Waals surface area contributed by atoms with E-state index < -0.39 is 5.97 Å². The summed E-state index contributed by atoms with van der Waals surface area (Å²) in [4.78, 5) is 21.3. The SMILES string of the molecule is CCOC(=O)CN=NN(C)C(C)=O. The molecule has 0 saturated carbocycles. The van der Waals surface area contributed by atoms with E-state index in [1.807, 2.05) is 0 Å². The van der Waals surface area contributed by atoms with Crippen LogP contribution in [0.25, 0.3) is 0 Å². The van der Waals surface area contributed by atoms with Crippen molar-refractivity contribution in [3.05, 3.63) is 0 Å². The molecule has 13 heavy (non-hydrogen) atoms. The lowest BCUT2D eigenvalue weighted by Gasteiger charge is -2.03. The predicted octanol–water partition coefficient (Wildman–Crippen LogP) is 0.395. The summed E-state index contributed by atoms with van der Waals surface area (Å²) in [6.07, 6.45) is 0. The number of amides is 1. The van der Waals surface area contributed by atoms with Gasteiger partial charge in [0.25, 0.3) is 0 Å². The molecule has 0 saturated heterocycles. The van der Waals surface area contributed by atoms with Crippen molar-refractivity contribution in [3.63, 3.8) is 0 Å². The molecule has 0 spiro atoms. The van der Waals surface area contributed by atoms with Crippen molar-refractivity contribution in [1.29, 1.82) is 0 Å². The molecule has 0 aliphatic rings. The van der Waals surface area contributed by atoms with Crippen LogP contribution >= 0.6 is 0 Å². The molecular weight excluding hydrogens is 174 g/mol. The Morgan fingerprint density at radius 1 is 1.46 bits per heavy atom. The van der Waals surface area contributed by atoms with E-state index in [1.165, 1.54) is 14.0 Å². The fraction of sp³-hybridized carbons (Fsp3) is 0.714. The van der Waals surface area contributed by atoms with E-state index in [0.29, 0.717) is 6.61 Å². The minimum absolute atomic E-state index is 0.161. The smallest absolute Gasteiger partial charge is 0.329 e. The molecule has 74 valence electrons. The molecule has 0 aromatic rings. The Bertz CT molecular complexity index is 215. The third kappa shape index (κ3) is 5.77. The number of nitrogens with zero attached hydrogens (tertiary/aromatic N) is 3. The first-order valence-corrected chi connectivity index (χ1v) is 3.85. The molecule has 0 radical (unpaired) electrons. The van der Waals surface area contributed by atoms with Crippen LogP contribution in [0.15, 0.2) is 10.3 Å². The second-order valence-electron chi connectivity index (χ2n) is 2.24. The second kappa shape index (κ2) is 6.10. The standard InChI is InChI=1S/C7H13N3O3/c1-4-13-7(12)5-8-9-10(3)6(2)11/h4-5H2,1-3H3. The van der Waals surface area contributed by atoms with E-state index >= 15 is 0 Å². The van der Waals surface area contributed by atoms with Crippen molar-refractivity contribution in [2.45, 2.75) is 13.8 Å². The molecule has 0 aliphatic heterocycles. The third-order valence-electron chi connectivity index (χ3n) is 1.16. The van der Waals surface area contributed by atoms with Crippen LogP contribution in [0.1, 0.15) is 13.8 Å². The van der Waals surface area contributed by atoms with E-state index in [1.54, 1.807) is 6.92 Å². The number of carbonyl (C=O) groups excluding carboxylic acids is 2. The Kier molecular flexibility index (Phi) is 5.42. The summed E-state index contributed by atoms with van der Waals surface area (Å²) in [5, 5.41) is 7.96. The third-order valence-corrected chi connectivity index (χ3v) is 1.16. The molecule has 0 aliphatic carbocycles. The molecule has 0 aromatic carbocycles. The van der Waals surface area contributed by atoms with Crippen LogP contribution in [0.2, 0.25) is 0 Å². The lowest BCUT2D eigenvalue weighted by atomic mass is 10.7. The topological polar surface area (TPSA) is 71.3 Å². The van der Waals surface area contributed by atoms with Gasteiger partial charge in [0.15, 0.2) is 6.54 Å². The summed E-state index contributed by atoms with van der Waals surface area (Å²) in [5.41, 5.74) is 0. The number of ether oxygens (including phenoxy) is 1. The monoisotopic (exact) mass is 187 g/mol. The molecule has 6 heteroatoms. The van der Waals surface area contributed by atoms with Gasteiger partial charge < -0.3 is 4.74 Å². The van der Waals surface area contributed by atoms with Gasteiger partial charge in [-0.15, -0.1) is 0 Å². The summed E-state index contributed by atoms with van der Waals surface area (Å²) in [7, 11) is 1.46. The zero-order chi connectivity index (χ0) is 10.3. The van der Waals surface area contributed by atoms with Crippen molar-refractivity contribution in [2.24, 2.45) is 10.3 Å². The quantitative estimate of drug-likeness (QED) is 0.363. The summed E-state index contributed by atoms with van der Waals surface area (Å²) in [6, 6.07) is 0. The lowest BCUT2D eigenvalue weighted by molar-refractivity contribution is -0.141. The molecule has 0 heterocycles. The van der Waals surface area contributed by atoms with E-state index in [-0.39, 0.29) is 12.5 Å². The Morgan fingerprint density at radius 2 is 2.08 bits per heavy atom. The van der Waals surface area contributed by atoms with Crippen LogP contribution < -0.4 is 0 Å². The maximum Gasteiger partial charge on any atom is 0.329 e. The highest BCUT2D eigenvalue weighted by atomic mass is 16.5. The molecule has 1 amide bonds. The van der Waals surface area contributed by atoms with Gasteiger partial charge in [0.1, 0.15) is 0 Å². The van der Waals surface area contributed by atoms with Crippen molar-refractivity contribution >= 4 is 11.9 Å². The van der Waals surface area contributed by atoms with Crippen LogP contribution in [0.3, 0.4) is 0 Å². The Labute approximate surface area is 76.5 Å². The Morgan fingerprint density at radius 3 is 2.54 bits per heavy atom. The summed E-state index contributed by atoms with van der Waals surface area (Å²) >= 11 is 0. The minimum Gasteiger partial charge on any atom is -0.465 e. The molecule has 0 fully saturated rings. The first-order valence-electron chi connectivity index (χ1n) is 3.85. The Hall–Kier alpha value is -1.46. The van der Waals surface area contributed by atoms with Gasteiger partial charge in [0.2, 0.25) is 5.91 Å². The normalized spacial score (nSPS) is 10.1.